The van der Waals surface area contributed by atoms with Gasteiger partial charge in [0, 0.05) is 11.1 Å². The number of benzene rings is 2. The molecule has 8 heteroatoms. The largest absolute Gasteiger partial charge is 0.493 e. The molecule has 3 aromatic rings. The van der Waals surface area contributed by atoms with Crippen LogP contribution in [-0.4, -0.2) is 32.2 Å². The van der Waals surface area contributed by atoms with E-state index in [0.29, 0.717) is 27.4 Å². The molecule has 1 amide bonds. The average molecular weight is 419 g/mol. The number of aryl methyl sites for hydroxylation is 1. The number of halogens is 1. The van der Waals surface area contributed by atoms with Gasteiger partial charge >= 0.3 is 0 Å². The summed E-state index contributed by atoms with van der Waals surface area (Å²) in [6.07, 6.45) is 3.09. The molecule has 0 fully saturated rings. The lowest BCUT2D eigenvalue weighted by molar-refractivity contribution is -0.111. The Morgan fingerprint density at radius 2 is 1.82 bits per heavy atom. The first-order chi connectivity index (χ1) is 13.5. The number of fused-ring (bicyclic) bond motifs is 1. The standard InChI is InChI=1S/C20H19ClN2O4S/c1-11-13(21)6-7-16-18(11)23-20(28-16)22-17(24)8-5-12-9-14(25-2)19(27-4)15(10-12)26-3/h5-10H,1-4H3,(H,22,23,24)/b8-5+. The van der Waals surface area contributed by atoms with E-state index in [2.05, 4.69) is 10.3 Å². The van der Waals surface area contributed by atoms with Crippen LogP contribution < -0.4 is 19.5 Å². The maximum Gasteiger partial charge on any atom is 0.250 e. The molecule has 0 aliphatic rings. The molecule has 1 heterocycles. The summed E-state index contributed by atoms with van der Waals surface area (Å²) in [5.41, 5.74) is 2.42. The van der Waals surface area contributed by atoms with Gasteiger partial charge in [-0.1, -0.05) is 22.9 Å². The van der Waals surface area contributed by atoms with E-state index in [-0.39, 0.29) is 5.91 Å². The molecule has 0 saturated carbocycles. The van der Waals surface area contributed by atoms with Crippen LogP contribution in [0.2, 0.25) is 5.02 Å². The molecule has 0 atom stereocenters. The Morgan fingerprint density at radius 3 is 2.43 bits per heavy atom. The second-order valence-corrected chi connectivity index (χ2v) is 7.26. The van der Waals surface area contributed by atoms with Crippen LogP contribution in [0.15, 0.2) is 30.3 Å². The first-order valence-electron chi connectivity index (χ1n) is 8.31. The van der Waals surface area contributed by atoms with Crippen molar-refractivity contribution in [2.24, 2.45) is 0 Å². The van der Waals surface area contributed by atoms with Gasteiger partial charge in [-0.3, -0.25) is 10.1 Å². The molecule has 2 aromatic carbocycles. The number of carbonyl (C=O) groups excluding carboxylic acids is 1. The van der Waals surface area contributed by atoms with Crippen molar-refractivity contribution >= 4 is 50.3 Å². The predicted molar refractivity (Wildman–Crippen MR) is 113 cm³/mol. The Bertz CT molecular complexity index is 1040. The van der Waals surface area contributed by atoms with Gasteiger partial charge in [-0.2, -0.15) is 0 Å². The Morgan fingerprint density at radius 1 is 1.14 bits per heavy atom. The molecule has 1 aromatic heterocycles. The molecule has 0 aliphatic heterocycles. The SMILES string of the molecule is COc1cc(/C=C/C(=O)Nc2nc3c(C)c(Cl)ccc3s2)cc(OC)c1OC. The predicted octanol–water partition coefficient (Wildman–Crippen LogP) is 4.94. The number of aromatic nitrogens is 1. The third-order valence-corrected chi connectivity index (χ3v) is 5.44. The molecule has 0 spiro atoms. The maximum atomic E-state index is 12.3. The van der Waals surface area contributed by atoms with E-state index in [9.17, 15) is 4.79 Å². The molecular weight excluding hydrogens is 400 g/mol. The minimum Gasteiger partial charge on any atom is -0.493 e. The van der Waals surface area contributed by atoms with Gasteiger partial charge in [-0.15, -0.1) is 0 Å². The van der Waals surface area contributed by atoms with Gasteiger partial charge in [0.05, 0.1) is 31.5 Å². The van der Waals surface area contributed by atoms with E-state index in [1.54, 1.807) is 32.4 Å². The van der Waals surface area contributed by atoms with Crippen molar-refractivity contribution in [2.75, 3.05) is 26.6 Å². The summed E-state index contributed by atoms with van der Waals surface area (Å²) < 4.78 is 16.9. The van der Waals surface area contributed by atoms with Crippen molar-refractivity contribution in [2.45, 2.75) is 6.92 Å². The van der Waals surface area contributed by atoms with Crippen LogP contribution in [0, 0.1) is 6.92 Å². The molecule has 0 bridgehead atoms. The van der Waals surface area contributed by atoms with Crippen molar-refractivity contribution in [1.82, 2.24) is 4.98 Å². The normalized spacial score (nSPS) is 11.0. The summed E-state index contributed by atoms with van der Waals surface area (Å²) in [7, 11) is 4.62. The Hall–Kier alpha value is -2.77. The van der Waals surface area contributed by atoms with E-state index in [1.807, 2.05) is 19.1 Å². The summed E-state index contributed by atoms with van der Waals surface area (Å²) in [5.74, 6) is 1.23. The summed E-state index contributed by atoms with van der Waals surface area (Å²) in [6.45, 7) is 1.90. The third kappa shape index (κ3) is 4.05. The topological polar surface area (TPSA) is 69.7 Å². The van der Waals surface area contributed by atoms with Gasteiger partial charge < -0.3 is 14.2 Å². The van der Waals surface area contributed by atoms with Crippen LogP contribution in [0.4, 0.5) is 5.13 Å². The van der Waals surface area contributed by atoms with Gasteiger partial charge in [0.2, 0.25) is 11.7 Å². The van der Waals surface area contributed by atoms with E-state index in [1.165, 1.54) is 24.5 Å². The minimum absolute atomic E-state index is 0.295. The number of rotatable bonds is 6. The number of nitrogens with zero attached hydrogens (tertiary/aromatic N) is 1. The summed E-state index contributed by atoms with van der Waals surface area (Å²) in [4.78, 5) is 16.8. The molecule has 0 unspecified atom stereocenters. The third-order valence-electron chi connectivity index (χ3n) is 4.09. The minimum atomic E-state index is -0.295. The highest BCUT2D eigenvalue weighted by Gasteiger charge is 2.13. The lowest BCUT2D eigenvalue weighted by Crippen LogP contribution is -2.07. The quantitative estimate of drug-likeness (QED) is 0.574. The summed E-state index contributed by atoms with van der Waals surface area (Å²) >= 11 is 7.52. The lowest BCUT2D eigenvalue weighted by atomic mass is 10.1. The van der Waals surface area contributed by atoms with Gasteiger partial charge in [-0.25, -0.2) is 4.98 Å². The number of carbonyl (C=O) groups is 1. The van der Waals surface area contributed by atoms with E-state index >= 15 is 0 Å². The maximum absolute atomic E-state index is 12.3. The highest BCUT2D eigenvalue weighted by Crippen LogP contribution is 2.38. The van der Waals surface area contributed by atoms with E-state index in [0.717, 1.165) is 21.3 Å². The van der Waals surface area contributed by atoms with Gasteiger partial charge in [0.15, 0.2) is 16.6 Å². The highest BCUT2D eigenvalue weighted by atomic mass is 35.5. The molecule has 0 aliphatic carbocycles. The fraction of sp³-hybridized carbons (Fsp3) is 0.200. The fourth-order valence-electron chi connectivity index (χ4n) is 2.67. The molecule has 0 saturated heterocycles. The van der Waals surface area contributed by atoms with Crippen LogP contribution in [0.1, 0.15) is 11.1 Å². The average Bonchev–Trinajstić information content (AvgIpc) is 3.11. The van der Waals surface area contributed by atoms with Crippen molar-refractivity contribution in [1.29, 1.82) is 0 Å². The zero-order valence-electron chi connectivity index (χ0n) is 15.8. The van der Waals surface area contributed by atoms with Gasteiger partial charge in [0.1, 0.15) is 0 Å². The first kappa shape index (κ1) is 20.0. The number of hydrogen-bond donors (Lipinski definition) is 1. The fourth-order valence-corrected chi connectivity index (χ4v) is 3.75. The van der Waals surface area contributed by atoms with Crippen molar-refractivity contribution in [3.8, 4) is 17.2 Å². The number of amides is 1. The Kier molecular flexibility index (Phi) is 6.06. The van der Waals surface area contributed by atoms with Crippen LogP contribution in [0.5, 0.6) is 17.2 Å². The second-order valence-electron chi connectivity index (χ2n) is 5.82. The molecule has 0 radical (unpaired) electrons. The van der Waals surface area contributed by atoms with Crippen LogP contribution >= 0.6 is 22.9 Å². The van der Waals surface area contributed by atoms with Gasteiger partial charge in [0.25, 0.3) is 0 Å². The van der Waals surface area contributed by atoms with Crippen LogP contribution in [-0.2, 0) is 4.79 Å². The molecule has 3 rings (SSSR count). The zero-order chi connectivity index (χ0) is 20.3. The Labute approximate surface area is 171 Å². The number of nitrogens with one attached hydrogen (secondary N) is 1. The van der Waals surface area contributed by atoms with E-state index < -0.39 is 0 Å². The molecule has 1 N–H and O–H groups in total. The first-order valence-corrected chi connectivity index (χ1v) is 9.51. The number of thiazole rings is 1. The monoisotopic (exact) mass is 418 g/mol. The number of hydrogen-bond acceptors (Lipinski definition) is 6. The molecule has 146 valence electrons. The highest BCUT2D eigenvalue weighted by molar-refractivity contribution is 7.22. The van der Waals surface area contributed by atoms with Crippen molar-refractivity contribution in [3.63, 3.8) is 0 Å². The zero-order valence-corrected chi connectivity index (χ0v) is 17.4. The van der Waals surface area contributed by atoms with Crippen LogP contribution in [0.25, 0.3) is 16.3 Å². The van der Waals surface area contributed by atoms with Crippen LogP contribution in [0.3, 0.4) is 0 Å². The summed E-state index contributed by atoms with van der Waals surface area (Å²) in [6, 6.07) is 7.24. The van der Waals surface area contributed by atoms with Crippen molar-refractivity contribution in [3.05, 3.63) is 46.5 Å². The number of methoxy groups -OCH3 is 3. The summed E-state index contributed by atoms with van der Waals surface area (Å²) in [5, 5.41) is 3.94. The van der Waals surface area contributed by atoms with Crippen molar-refractivity contribution < 1.29 is 19.0 Å². The Balaban J connectivity index is 1.80. The molecule has 28 heavy (non-hydrogen) atoms. The molecule has 6 nitrogen and oxygen atoms in total. The number of ether oxygens (including phenoxy) is 3. The second kappa shape index (κ2) is 8.50. The smallest absolute Gasteiger partial charge is 0.250 e. The lowest BCUT2D eigenvalue weighted by Gasteiger charge is -2.12. The molecular formula is C20H19ClN2O4S. The number of anilines is 1. The van der Waals surface area contributed by atoms with E-state index in [4.69, 9.17) is 25.8 Å². The van der Waals surface area contributed by atoms with Gasteiger partial charge in [-0.05, 0) is 48.4 Å².